The minimum atomic E-state index is 0.716. The number of nitrogen functional groups attached to an aromatic ring is 1. The second kappa shape index (κ2) is 6.31. The van der Waals surface area contributed by atoms with E-state index in [9.17, 15) is 0 Å². The van der Waals surface area contributed by atoms with Crippen LogP contribution < -0.4 is 10.5 Å². The van der Waals surface area contributed by atoms with Gasteiger partial charge in [0, 0.05) is 29.4 Å². The molecule has 1 saturated heterocycles. The van der Waals surface area contributed by atoms with E-state index in [1.165, 1.54) is 32.4 Å². The van der Waals surface area contributed by atoms with Crippen LogP contribution in [0.5, 0.6) is 5.75 Å². The van der Waals surface area contributed by atoms with Crippen LogP contribution in [0.4, 0.5) is 5.69 Å². The summed E-state index contributed by atoms with van der Waals surface area (Å²) in [5.41, 5.74) is 8.54. The van der Waals surface area contributed by atoms with E-state index in [2.05, 4.69) is 9.88 Å². The van der Waals surface area contributed by atoms with Gasteiger partial charge in [-0.2, -0.15) is 0 Å². The zero-order valence-corrected chi connectivity index (χ0v) is 12.6. The number of likely N-dealkylation sites (tertiary alicyclic amines) is 1. The first-order valence-electron chi connectivity index (χ1n) is 7.74. The van der Waals surface area contributed by atoms with Crippen molar-refractivity contribution in [2.45, 2.75) is 26.2 Å². The van der Waals surface area contributed by atoms with Gasteiger partial charge in [-0.1, -0.05) is 6.42 Å². The van der Waals surface area contributed by atoms with Gasteiger partial charge in [0.25, 0.3) is 0 Å². The van der Waals surface area contributed by atoms with Gasteiger partial charge in [0.15, 0.2) is 0 Å². The van der Waals surface area contributed by atoms with E-state index in [-0.39, 0.29) is 0 Å². The maximum Gasteiger partial charge on any atom is 0.130 e. The van der Waals surface area contributed by atoms with Gasteiger partial charge in [-0.05, 0) is 51.1 Å². The first-order chi connectivity index (χ1) is 10.2. The van der Waals surface area contributed by atoms with E-state index in [1.54, 1.807) is 0 Å². The summed E-state index contributed by atoms with van der Waals surface area (Å²) in [5, 5.41) is 0.999. The number of anilines is 1. The van der Waals surface area contributed by atoms with Crippen LogP contribution in [-0.4, -0.2) is 36.1 Å². The number of rotatable bonds is 4. The summed E-state index contributed by atoms with van der Waals surface area (Å²) >= 11 is 0. The quantitative estimate of drug-likeness (QED) is 0.877. The van der Waals surface area contributed by atoms with Gasteiger partial charge < -0.3 is 10.5 Å². The van der Waals surface area contributed by atoms with Crippen molar-refractivity contribution in [2.75, 3.05) is 32.0 Å². The largest absolute Gasteiger partial charge is 0.491 e. The molecule has 0 spiro atoms. The van der Waals surface area contributed by atoms with Crippen LogP contribution in [0.25, 0.3) is 10.9 Å². The Morgan fingerprint density at radius 3 is 2.81 bits per heavy atom. The average Bonchev–Trinajstić information content (AvgIpc) is 2.49. The summed E-state index contributed by atoms with van der Waals surface area (Å²) in [6.45, 7) is 6.10. The Balaban J connectivity index is 1.71. The molecule has 0 amide bonds. The van der Waals surface area contributed by atoms with Crippen molar-refractivity contribution in [1.29, 1.82) is 0 Å². The number of aromatic nitrogens is 1. The van der Waals surface area contributed by atoms with Crippen LogP contribution in [0.3, 0.4) is 0 Å². The van der Waals surface area contributed by atoms with Crippen molar-refractivity contribution >= 4 is 16.6 Å². The molecule has 1 fully saturated rings. The van der Waals surface area contributed by atoms with E-state index in [0.29, 0.717) is 6.61 Å². The lowest BCUT2D eigenvalue weighted by atomic mass is 10.1. The Kier molecular flexibility index (Phi) is 4.25. The Bertz CT molecular complexity index is 621. The molecule has 1 aliphatic rings. The van der Waals surface area contributed by atoms with E-state index in [1.807, 2.05) is 31.2 Å². The van der Waals surface area contributed by atoms with Gasteiger partial charge in [0.05, 0.1) is 5.52 Å². The zero-order chi connectivity index (χ0) is 14.7. The molecule has 0 bridgehead atoms. The van der Waals surface area contributed by atoms with Crippen LogP contribution in [0.1, 0.15) is 25.0 Å². The topological polar surface area (TPSA) is 51.4 Å². The average molecular weight is 285 g/mol. The fraction of sp³-hybridized carbons (Fsp3) is 0.471. The molecule has 1 aromatic heterocycles. The fourth-order valence-corrected chi connectivity index (χ4v) is 2.93. The highest BCUT2D eigenvalue weighted by Crippen LogP contribution is 2.27. The second-order valence-electron chi connectivity index (χ2n) is 5.79. The normalized spacial score (nSPS) is 16.2. The van der Waals surface area contributed by atoms with E-state index in [4.69, 9.17) is 10.5 Å². The summed E-state index contributed by atoms with van der Waals surface area (Å²) in [4.78, 5) is 7.01. The zero-order valence-electron chi connectivity index (χ0n) is 12.6. The highest BCUT2D eigenvalue weighted by atomic mass is 16.5. The van der Waals surface area contributed by atoms with Crippen molar-refractivity contribution in [1.82, 2.24) is 9.88 Å². The molecule has 4 nitrogen and oxygen atoms in total. The number of piperidine rings is 1. The number of fused-ring (bicyclic) bond motifs is 1. The molecular weight excluding hydrogens is 262 g/mol. The molecule has 2 aromatic rings. The predicted octanol–water partition coefficient (Wildman–Crippen LogP) is 2.99. The highest BCUT2D eigenvalue weighted by Gasteiger charge is 2.11. The van der Waals surface area contributed by atoms with Gasteiger partial charge in [0.1, 0.15) is 12.4 Å². The Morgan fingerprint density at radius 2 is 2.00 bits per heavy atom. The molecule has 0 radical (unpaired) electrons. The van der Waals surface area contributed by atoms with Crippen LogP contribution in [0.15, 0.2) is 24.3 Å². The lowest BCUT2D eigenvalue weighted by Crippen LogP contribution is -2.33. The number of nitrogens with zero attached hydrogens (tertiary/aromatic N) is 2. The van der Waals surface area contributed by atoms with Crippen LogP contribution >= 0.6 is 0 Å². The number of ether oxygens (including phenoxy) is 1. The number of hydrogen-bond acceptors (Lipinski definition) is 4. The Morgan fingerprint density at radius 1 is 1.19 bits per heavy atom. The maximum absolute atomic E-state index is 6.02. The molecule has 0 aliphatic carbocycles. The number of benzene rings is 1. The molecule has 112 valence electrons. The third-order valence-corrected chi connectivity index (χ3v) is 4.04. The van der Waals surface area contributed by atoms with Crippen LogP contribution in [0, 0.1) is 6.92 Å². The van der Waals surface area contributed by atoms with Crippen molar-refractivity contribution in [2.24, 2.45) is 0 Å². The minimum Gasteiger partial charge on any atom is -0.491 e. The molecule has 0 atom stereocenters. The molecule has 4 heteroatoms. The van der Waals surface area contributed by atoms with Gasteiger partial charge in [-0.25, -0.2) is 0 Å². The van der Waals surface area contributed by atoms with Crippen LogP contribution in [0.2, 0.25) is 0 Å². The van der Waals surface area contributed by atoms with Crippen molar-refractivity contribution < 1.29 is 4.74 Å². The van der Waals surface area contributed by atoms with E-state index < -0.39 is 0 Å². The SMILES string of the molecule is Cc1cc(OCCN2CCCCC2)c2cc(N)ccc2n1. The number of pyridine rings is 1. The van der Waals surface area contributed by atoms with Gasteiger partial charge in [0.2, 0.25) is 0 Å². The third kappa shape index (κ3) is 3.45. The lowest BCUT2D eigenvalue weighted by Gasteiger charge is -2.26. The van der Waals surface area contributed by atoms with Gasteiger partial charge in [-0.3, -0.25) is 9.88 Å². The molecule has 1 aliphatic heterocycles. The Labute approximate surface area is 125 Å². The standard InChI is InChI=1S/C17H23N3O/c1-13-11-17(15-12-14(18)5-6-16(15)19-13)21-10-9-20-7-3-2-4-8-20/h5-6,11-12H,2-4,7-10,18H2,1H3. The predicted molar refractivity (Wildman–Crippen MR) is 86.7 cm³/mol. The third-order valence-electron chi connectivity index (χ3n) is 4.04. The van der Waals surface area contributed by atoms with Gasteiger partial charge in [-0.15, -0.1) is 0 Å². The Hall–Kier alpha value is -1.81. The first kappa shape index (κ1) is 14.1. The van der Waals surface area contributed by atoms with Crippen molar-refractivity contribution in [3.8, 4) is 5.75 Å². The fourth-order valence-electron chi connectivity index (χ4n) is 2.93. The van der Waals surface area contributed by atoms with Crippen molar-refractivity contribution in [3.05, 3.63) is 30.0 Å². The molecular formula is C17H23N3O. The summed E-state index contributed by atoms with van der Waals surface area (Å²) in [5.74, 6) is 0.891. The van der Waals surface area contributed by atoms with Crippen LogP contribution in [-0.2, 0) is 0 Å². The molecule has 0 saturated carbocycles. The number of hydrogen-bond donors (Lipinski definition) is 1. The summed E-state index contributed by atoms with van der Waals surface area (Å²) < 4.78 is 6.02. The van der Waals surface area contributed by atoms with Crippen molar-refractivity contribution in [3.63, 3.8) is 0 Å². The minimum absolute atomic E-state index is 0.716. The molecule has 1 aromatic carbocycles. The monoisotopic (exact) mass is 285 g/mol. The smallest absolute Gasteiger partial charge is 0.130 e. The highest BCUT2D eigenvalue weighted by molar-refractivity contribution is 5.87. The summed E-state index contributed by atoms with van der Waals surface area (Å²) in [6.07, 6.45) is 3.99. The van der Waals surface area contributed by atoms with E-state index in [0.717, 1.165) is 34.6 Å². The summed E-state index contributed by atoms with van der Waals surface area (Å²) in [6, 6.07) is 7.78. The number of aryl methyl sites for hydroxylation is 1. The molecule has 21 heavy (non-hydrogen) atoms. The first-order valence-corrected chi connectivity index (χ1v) is 7.74. The molecule has 0 unspecified atom stereocenters. The lowest BCUT2D eigenvalue weighted by molar-refractivity contribution is 0.184. The second-order valence-corrected chi connectivity index (χ2v) is 5.79. The molecule has 2 N–H and O–H groups in total. The van der Waals surface area contributed by atoms with E-state index >= 15 is 0 Å². The maximum atomic E-state index is 6.02. The molecule has 3 rings (SSSR count). The summed E-state index contributed by atoms with van der Waals surface area (Å²) in [7, 11) is 0. The molecule has 2 heterocycles. The van der Waals surface area contributed by atoms with Gasteiger partial charge >= 0.3 is 0 Å². The number of nitrogens with two attached hydrogens (primary N) is 1.